The molecule has 0 fully saturated rings. The van der Waals surface area contributed by atoms with Crippen LogP contribution in [-0.4, -0.2) is 24.3 Å². The lowest BCUT2D eigenvalue weighted by molar-refractivity contribution is -0.117. The van der Waals surface area contributed by atoms with E-state index in [2.05, 4.69) is 27.3 Å². The van der Waals surface area contributed by atoms with E-state index in [1.54, 1.807) is 0 Å². The second kappa shape index (κ2) is 5.08. The normalized spacial score (nSPS) is 11.2. The second-order valence-corrected chi connectivity index (χ2v) is 6.80. The first-order valence-electron chi connectivity index (χ1n) is 5.50. The third kappa shape index (κ3) is 3.73. The smallest absolute Gasteiger partial charge is 0.240 e. The first-order chi connectivity index (χ1) is 7.71. The summed E-state index contributed by atoms with van der Waals surface area (Å²) in [6, 6.07) is 5.97. The summed E-state index contributed by atoms with van der Waals surface area (Å²) >= 11 is 3.34. The number of carbonyl (C=O) groups excluding carboxylic acids is 1. The van der Waals surface area contributed by atoms with Gasteiger partial charge in [0.2, 0.25) is 5.91 Å². The standard InChI is InChI=1S/C13H19BrN2O/c1-9-8-10(16(4)5)6-7-11(9)15-12(17)13(2,3)14/h6-8H,1-5H3,(H,15,17). The summed E-state index contributed by atoms with van der Waals surface area (Å²) in [5, 5.41) is 2.91. The molecular formula is C13H19BrN2O. The van der Waals surface area contributed by atoms with Crippen LogP contribution in [0.5, 0.6) is 0 Å². The highest BCUT2D eigenvalue weighted by Crippen LogP contribution is 2.24. The predicted molar refractivity (Wildman–Crippen MR) is 77.1 cm³/mol. The minimum Gasteiger partial charge on any atom is -0.378 e. The van der Waals surface area contributed by atoms with E-state index in [0.717, 1.165) is 16.9 Å². The molecule has 3 nitrogen and oxygen atoms in total. The lowest BCUT2D eigenvalue weighted by Gasteiger charge is -2.19. The van der Waals surface area contributed by atoms with Crippen molar-refractivity contribution in [3.8, 4) is 0 Å². The van der Waals surface area contributed by atoms with Crippen LogP contribution in [0.3, 0.4) is 0 Å². The highest BCUT2D eigenvalue weighted by Gasteiger charge is 2.23. The summed E-state index contributed by atoms with van der Waals surface area (Å²) in [6.07, 6.45) is 0. The topological polar surface area (TPSA) is 32.3 Å². The molecule has 4 heteroatoms. The maximum Gasteiger partial charge on any atom is 0.240 e. The van der Waals surface area contributed by atoms with Gasteiger partial charge >= 0.3 is 0 Å². The van der Waals surface area contributed by atoms with E-state index in [0.29, 0.717) is 0 Å². The van der Waals surface area contributed by atoms with Crippen molar-refractivity contribution in [1.29, 1.82) is 0 Å². The number of carbonyl (C=O) groups is 1. The molecule has 0 heterocycles. The summed E-state index contributed by atoms with van der Waals surface area (Å²) in [5.41, 5.74) is 3.04. The molecule has 0 saturated heterocycles. The minimum atomic E-state index is -0.556. The van der Waals surface area contributed by atoms with E-state index in [9.17, 15) is 4.79 Å². The number of nitrogens with one attached hydrogen (secondary N) is 1. The van der Waals surface area contributed by atoms with Gasteiger partial charge in [0.1, 0.15) is 0 Å². The molecule has 0 saturated carbocycles. The largest absolute Gasteiger partial charge is 0.378 e. The monoisotopic (exact) mass is 298 g/mol. The van der Waals surface area contributed by atoms with Gasteiger partial charge < -0.3 is 10.2 Å². The maximum absolute atomic E-state index is 11.8. The molecule has 1 amide bonds. The number of amides is 1. The van der Waals surface area contributed by atoms with Gasteiger partial charge in [-0.25, -0.2) is 0 Å². The second-order valence-electron chi connectivity index (χ2n) is 4.82. The summed E-state index contributed by atoms with van der Waals surface area (Å²) in [5.74, 6) is -0.0433. The van der Waals surface area contributed by atoms with E-state index in [-0.39, 0.29) is 5.91 Å². The molecule has 0 spiro atoms. The van der Waals surface area contributed by atoms with Crippen LogP contribution in [0.2, 0.25) is 0 Å². The highest BCUT2D eigenvalue weighted by atomic mass is 79.9. The average molecular weight is 299 g/mol. The van der Waals surface area contributed by atoms with Crippen molar-refractivity contribution >= 4 is 33.2 Å². The highest BCUT2D eigenvalue weighted by molar-refractivity contribution is 9.10. The molecule has 0 atom stereocenters. The number of rotatable bonds is 3. The number of halogens is 1. The molecular weight excluding hydrogens is 280 g/mol. The molecule has 1 rings (SSSR count). The van der Waals surface area contributed by atoms with Crippen LogP contribution in [0, 0.1) is 6.92 Å². The fraction of sp³-hybridized carbons (Fsp3) is 0.462. The molecule has 1 aromatic rings. The SMILES string of the molecule is Cc1cc(N(C)C)ccc1NC(=O)C(C)(C)Br. The van der Waals surface area contributed by atoms with Gasteiger partial charge in [-0.1, -0.05) is 15.9 Å². The average Bonchev–Trinajstić information content (AvgIpc) is 2.19. The van der Waals surface area contributed by atoms with Crippen LogP contribution in [0.4, 0.5) is 11.4 Å². The van der Waals surface area contributed by atoms with Crippen molar-refractivity contribution in [3.05, 3.63) is 23.8 Å². The van der Waals surface area contributed by atoms with Crippen molar-refractivity contribution in [3.63, 3.8) is 0 Å². The zero-order chi connectivity index (χ0) is 13.2. The fourth-order valence-corrected chi connectivity index (χ4v) is 1.44. The number of anilines is 2. The summed E-state index contributed by atoms with van der Waals surface area (Å²) < 4.78 is -0.556. The van der Waals surface area contributed by atoms with E-state index in [1.807, 2.05) is 51.9 Å². The van der Waals surface area contributed by atoms with Gasteiger partial charge in [-0.2, -0.15) is 0 Å². The summed E-state index contributed by atoms with van der Waals surface area (Å²) in [4.78, 5) is 13.9. The van der Waals surface area contributed by atoms with E-state index in [1.165, 1.54) is 0 Å². The number of hydrogen-bond acceptors (Lipinski definition) is 2. The molecule has 1 aromatic carbocycles. The Bertz CT molecular complexity index is 422. The molecule has 0 aromatic heterocycles. The van der Waals surface area contributed by atoms with E-state index < -0.39 is 4.32 Å². The number of benzene rings is 1. The lowest BCUT2D eigenvalue weighted by Crippen LogP contribution is -2.31. The third-order valence-electron chi connectivity index (χ3n) is 2.51. The van der Waals surface area contributed by atoms with Crippen LogP contribution in [0.25, 0.3) is 0 Å². The van der Waals surface area contributed by atoms with Gasteiger partial charge in [0.15, 0.2) is 0 Å². The number of aryl methyl sites for hydroxylation is 1. The Balaban J connectivity index is 2.91. The van der Waals surface area contributed by atoms with E-state index in [4.69, 9.17) is 0 Å². The Kier molecular flexibility index (Phi) is 4.20. The number of alkyl halides is 1. The lowest BCUT2D eigenvalue weighted by atomic mass is 10.1. The minimum absolute atomic E-state index is 0.0433. The molecule has 0 aliphatic rings. The molecule has 0 bridgehead atoms. The first kappa shape index (κ1) is 14.0. The Labute approximate surface area is 111 Å². The zero-order valence-electron chi connectivity index (χ0n) is 11.0. The molecule has 0 unspecified atom stereocenters. The maximum atomic E-state index is 11.8. The predicted octanol–water partition coefficient (Wildman–Crippen LogP) is 3.17. The van der Waals surface area contributed by atoms with Crippen molar-refractivity contribution in [2.75, 3.05) is 24.3 Å². The van der Waals surface area contributed by atoms with Crippen LogP contribution >= 0.6 is 15.9 Å². The van der Waals surface area contributed by atoms with Gasteiger partial charge in [-0.05, 0) is 44.5 Å². The van der Waals surface area contributed by atoms with Crippen LogP contribution < -0.4 is 10.2 Å². The molecule has 0 radical (unpaired) electrons. The zero-order valence-corrected chi connectivity index (χ0v) is 12.6. The van der Waals surface area contributed by atoms with Crippen LogP contribution in [0.1, 0.15) is 19.4 Å². The van der Waals surface area contributed by atoms with Gasteiger partial charge in [0, 0.05) is 25.5 Å². The molecule has 1 N–H and O–H groups in total. The van der Waals surface area contributed by atoms with Crippen LogP contribution in [0.15, 0.2) is 18.2 Å². The Morgan fingerprint density at radius 2 is 1.94 bits per heavy atom. The summed E-state index contributed by atoms with van der Waals surface area (Å²) in [7, 11) is 3.99. The third-order valence-corrected chi connectivity index (χ3v) is 2.87. The molecule has 17 heavy (non-hydrogen) atoms. The number of hydrogen-bond donors (Lipinski definition) is 1. The first-order valence-corrected chi connectivity index (χ1v) is 6.29. The number of nitrogens with zero attached hydrogens (tertiary/aromatic N) is 1. The van der Waals surface area contributed by atoms with Gasteiger partial charge in [0.05, 0.1) is 4.32 Å². The van der Waals surface area contributed by atoms with Crippen molar-refractivity contribution in [2.24, 2.45) is 0 Å². The Hall–Kier alpha value is -1.03. The molecule has 94 valence electrons. The Morgan fingerprint density at radius 3 is 2.35 bits per heavy atom. The fourth-order valence-electron chi connectivity index (χ4n) is 1.34. The van der Waals surface area contributed by atoms with Crippen molar-refractivity contribution in [1.82, 2.24) is 0 Å². The van der Waals surface area contributed by atoms with Crippen LogP contribution in [-0.2, 0) is 4.79 Å². The van der Waals surface area contributed by atoms with Gasteiger partial charge in [-0.3, -0.25) is 4.79 Å². The van der Waals surface area contributed by atoms with Gasteiger partial charge in [0.25, 0.3) is 0 Å². The molecule has 0 aliphatic heterocycles. The molecule has 0 aliphatic carbocycles. The Morgan fingerprint density at radius 1 is 1.35 bits per heavy atom. The quantitative estimate of drug-likeness (QED) is 0.869. The van der Waals surface area contributed by atoms with Gasteiger partial charge in [-0.15, -0.1) is 0 Å². The van der Waals surface area contributed by atoms with Crippen molar-refractivity contribution < 1.29 is 4.79 Å². The van der Waals surface area contributed by atoms with Crippen molar-refractivity contribution in [2.45, 2.75) is 25.1 Å². The van der Waals surface area contributed by atoms with E-state index >= 15 is 0 Å². The summed E-state index contributed by atoms with van der Waals surface area (Å²) in [6.45, 7) is 5.64.